The SMILES string of the molecule is CCC(NCc1ncc[nH]1)c1ccccc1OCC(=O)N1CCCC1. The minimum atomic E-state index is 0.0731. The zero-order valence-corrected chi connectivity index (χ0v) is 14.7. The smallest absolute Gasteiger partial charge is 0.260 e. The van der Waals surface area contributed by atoms with Gasteiger partial charge in [0, 0.05) is 37.1 Å². The van der Waals surface area contributed by atoms with Gasteiger partial charge >= 0.3 is 0 Å². The summed E-state index contributed by atoms with van der Waals surface area (Å²) in [7, 11) is 0. The van der Waals surface area contributed by atoms with E-state index in [4.69, 9.17) is 4.74 Å². The lowest BCUT2D eigenvalue weighted by molar-refractivity contribution is -0.132. The van der Waals surface area contributed by atoms with Crippen LogP contribution in [0.15, 0.2) is 36.7 Å². The molecule has 1 saturated heterocycles. The third kappa shape index (κ3) is 4.60. The fourth-order valence-corrected chi connectivity index (χ4v) is 3.19. The van der Waals surface area contributed by atoms with E-state index in [2.05, 4.69) is 28.3 Å². The van der Waals surface area contributed by atoms with Crippen LogP contribution in [-0.4, -0.2) is 40.5 Å². The van der Waals surface area contributed by atoms with Crippen molar-refractivity contribution in [3.8, 4) is 5.75 Å². The number of nitrogens with one attached hydrogen (secondary N) is 2. The number of imidazole rings is 1. The number of nitrogens with zero attached hydrogens (tertiary/aromatic N) is 2. The van der Waals surface area contributed by atoms with Crippen molar-refractivity contribution >= 4 is 5.91 Å². The van der Waals surface area contributed by atoms with E-state index < -0.39 is 0 Å². The highest BCUT2D eigenvalue weighted by atomic mass is 16.5. The highest BCUT2D eigenvalue weighted by Crippen LogP contribution is 2.27. The largest absolute Gasteiger partial charge is 0.483 e. The Morgan fingerprint density at radius 3 is 2.88 bits per heavy atom. The van der Waals surface area contributed by atoms with Gasteiger partial charge in [-0.2, -0.15) is 0 Å². The van der Waals surface area contributed by atoms with Crippen LogP contribution in [0.5, 0.6) is 5.75 Å². The fraction of sp³-hybridized carbons (Fsp3) is 0.474. The quantitative estimate of drug-likeness (QED) is 0.774. The molecule has 6 nitrogen and oxygen atoms in total. The molecule has 1 unspecified atom stereocenters. The van der Waals surface area contributed by atoms with Crippen LogP contribution in [0, 0.1) is 0 Å². The monoisotopic (exact) mass is 342 g/mol. The molecule has 0 aliphatic carbocycles. The van der Waals surface area contributed by atoms with Gasteiger partial charge in [-0.15, -0.1) is 0 Å². The first-order chi connectivity index (χ1) is 12.3. The molecule has 0 spiro atoms. The summed E-state index contributed by atoms with van der Waals surface area (Å²) in [6.45, 7) is 4.60. The molecule has 2 aromatic rings. The number of rotatable bonds is 8. The molecule has 1 amide bonds. The summed E-state index contributed by atoms with van der Waals surface area (Å²) in [5.74, 6) is 1.75. The Hall–Kier alpha value is -2.34. The summed E-state index contributed by atoms with van der Waals surface area (Å²) in [6.07, 6.45) is 6.67. The molecule has 25 heavy (non-hydrogen) atoms. The summed E-state index contributed by atoms with van der Waals surface area (Å²) in [4.78, 5) is 21.4. The summed E-state index contributed by atoms with van der Waals surface area (Å²) in [5, 5.41) is 3.50. The van der Waals surface area contributed by atoms with Crippen LogP contribution in [0.3, 0.4) is 0 Å². The predicted molar refractivity (Wildman–Crippen MR) is 96.2 cm³/mol. The van der Waals surface area contributed by atoms with Gasteiger partial charge in [-0.1, -0.05) is 25.1 Å². The molecular formula is C19H26N4O2. The number of hydrogen-bond donors (Lipinski definition) is 2. The zero-order chi connectivity index (χ0) is 17.5. The first-order valence-electron chi connectivity index (χ1n) is 8.99. The Kier molecular flexibility index (Phi) is 6.06. The van der Waals surface area contributed by atoms with Crippen molar-refractivity contribution in [2.75, 3.05) is 19.7 Å². The number of aromatic nitrogens is 2. The van der Waals surface area contributed by atoms with Crippen LogP contribution in [0.1, 0.15) is 43.6 Å². The van der Waals surface area contributed by atoms with Crippen LogP contribution in [-0.2, 0) is 11.3 Å². The van der Waals surface area contributed by atoms with E-state index in [1.165, 1.54) is 0 Å². The van der Waals surface area contributed by atoms with Crippen molar-refractivity contribution in [3.63, 3.8) is 0 Å². The Bertz CT molecular complexity index is 666. The number of aromatic amines is 1. The van der Waals surface area contributed by atoms with Crippen molar-refractivity contribution < 1.29 is 9.53 Å². The molecule has 1 aliphatic rings. The van der Waals surface area contributed by atoms with E-state index in [1.54, 1.807) is 6.20 Å². The van der Waals surface area contributed by atoms with Gasteiger partial charge in [0.05, 0.1) is 6.54 Å². The zero-order valence-electron chi connectivity index (χ0n) is 14.7. The Morgan fingerprint density at radius 2 is 2.16 bits per heavy atom. The first-order valence-corrected chi connectivity index (χ1v) is 8.99. The maximum atomic E-state index is 12.2. The number of ether oxygens (including phenoxy) is 1. The fourth-order valence-electron chi connectivity index (χ4n) is 3.19. The van der Waals surface area contributed by atoms with Gasteiger partial charge in [-0.3, -0.25) is 4.79 Å². The van der Waals surface area contributed by atoms with E-state index >= 15 is 0 Å². The van der Waals surface area contributed by atoms with Crippen LogP contribution in [0.25, 0.3) is 0 Å². The number of H-pyrrole nitrogens is 1. The van der Waals surface area contributed by atoms with Crippen molar-refractivity contribution in [1.29, 1.82) is 0 Å². The van der Waals surface area contributed by atoms with Gasteiger partial charge < -0.3 is 19.9 Å². The molecule has 2 heterocycles. The molecule has 134 valence electrons. The Morgan fingerprint density at radius 1 is 1.36 bits per heavy atom. The van der Waals surface area contributed by atoms with Crippen molar-refractivity contribution in [2.45, 2.75) is 38.8 Å². The van der Waals surface area contributed by atoms with Crippen LogP contribution in [0.2, 0.25) is 0 Å². The lowest BCUT2D eigenvalue weighted by Gasteiger charge is -2.21. The number of amides is 1. The third-order valence-electron chi connectivity index (χ3n) is 4.58. The van der Waals surface area contributed by atoms with Gasteiger partial charge in [0.25, 0.3) is 5.91 Å². The van der Waals surface area contributed by atoms with Gasteiger partial charge in [-0.25, -0.2) is 4.98 Å². The Labute approximate surface area is 148 Å². The molecule has 1 aromatic carbocycles. The number of benzene rings is 1. The second kappa shape index (κ2) is 8.67. The summed E-state index contributed by atoms with van der Waals surface area (Å²) in [5.41, 5.74) is 1.07. The maximum Gasteiger partial charge on any atom is 0.260 e. The van der Waals surface area contributed by atoms with Crippen LogP contribution >= 0.6 is 0 Å². The maximum absolute atomic E-state index is 12.2. The van der Waals surface area contributed by atoms with Crippen molar-refractivity contribution in [2.24, 2.45) is 0 Å². The van der Waals surface area contributed by atoms with Gasteiger partial charge in [0.2, 0.25) is 0 Å². The van der Waals surface area contributed by atoms with Gasteiger partial charge in [-0.05, 0) is 25.3 Å². The second-order valence-corrected chi connectivity index (χ2v) is 6.29. The average molecular weight is 342 g/mol. The normalized spacial score (nSPS) is 15.3. The molecule has 3 rings (SSSR count). The lowest BCUT2D eigenvalue weighted by Crippen LogP contribution is -2.32. The Balaban J connectivity index is 1.62. The van der Waals surface area contributed by atoms with Gasteiger partial charge in [0.1, 0.15) is 11.6 Å². The van der Waals surface area contributed by atoms with E-state index in [1.807, 2.05) is 29.3 Å². The van der Waals surface area contributed by atoms with Crippen LogP contribution in [0.4, 0.5) is 0 Å². The van der Waals surface area contributed by atoms with Gasteiger partial charge in [0.15, 0.2) is 6.61 Å². The molecule has 1 aliphatic heterocycles. The minimum Gasteiger partial charge on any atom is -0.483 e. The minimum absolute atomic E-state index is 0.0731. The third-order valence-corrected chi connectivity index (χ3v) is 4.58. The number of carbonyl (C=O) groups excluding carboxylic acids is 1. The number of likely N-dealkylation sites (tertiary alicyclic amines) is 1. The summed E-state index contributed by atoms with van der Waals surface area (Å²) in [6, 6.07) is 8.08. The number of para-hydroxylation sites is 1. The molecule has 1 atom stereocenters. The molecule has 2 N–H and O–H groups in total. The highest BCUT2D eigenvalue weighted by molar-refractivity contribution is 5.78. The molecular weight excluding hydrogens is 316 g/mol. The summed E-state index contributed by atoms with van der Waals surface area (Å²) < 4.78 is 5.88. The van der Waals surface area contributed by atoms with Crippen LogP contribution < -0.4 is 10.1 Å². The standard InChI is InChI=1S/C19H26N4O2/c1-2-16(22-13-18-20-9-10-21-18)15-7-3-4-8-17(15)25-14-19(24)23-11-5-6-12-23/h3-4,7-10,16,22H,2,5-6,11-14H2,1H3,(H,20,21). The highest BCUT2D eigenvalue weighted by Gasteiger charge is 2.20. The molecule has 1 fully saturated rings. The molecule has 0 saturated carbocycles. The predicted octanol–water partition coefficient (Wildman–Crippen LogP) is 2.65. The number of hydrogen-bond acceptors (Lipinski definition) is 4. The second-order valence-electron chi connectivity index (χ2n) is 6.29. The van der Waals surface area contributed by atoms with E-state index in [9.17, 15) is 4.79 Å². The summed E-state index contributed by atoms with van der Waals surface area (Å²) >= 11 is 0. The van der Waals surface area contributed by atoms with E-state index in [-0.39, 0.29) is 18.6 Å². The van der Waals surface area contributed by atoms with E-state index in [0.29, 0.717) is 6.54 Å². The lowest BCUT2D eigenvalue weighted by atomic mass is 10.0. The first kappa shape index (κ1) is 17.5. The topological polar surface area (TPSA) is 70.2 Å². The average Bonchev–Trinajstić information content (AvgIpc) is 3.35. The van der Waals surface area contributed by atoms with Crippen molar-refractivity contribution in [3.05, 3.63) is 48.0 Å². The number of carbonyl (C=O) groups is 1. The molecule has 0 bridgehead atoms. The molecule has 6 heteroatoms. The van der Waals surface area contributed by atoms with E-state index in [0.717, 1.165) is 49.5 Å². The molecule has 0 radical (unpaired) electrons. The molecule has 1 aromatic heterocycles. The van der Waals surface area contributed by atoms with Crippen molar-refractivity contribution in [1.82, 2.24) is 20.2 Å².